The van der Waals surface area contributed by atoms with Crippen LogP contribution in [0.25, 0.3) is 0 Å². The Morgan fingerprint density at radius 3 is 2.33 bits per heavy atom. The Labute approximate surface area is 157 Å². The molecule has 0 amide bonds. The minimum atomic E-state index is -3.59. The van der Waals surface area contributed by atoms with Gasteiger partial charge in [0, 0.05) is 30.0 Å². The number of benzene rings is 1. The highest BCUT2D eigenvalue weighted by atomic mass is 32.2. The van der Waals surface area contributed by atoms with E-state index in [1.165, 1.54) is 6.20 Å². The molecule has 3 aromatic rings. The van der Waals surface area contributed by atoms with Crippen molar-refractivity contribution in [3.63, 3.8) is 0 Å². The summed E-state index contributed by atoms with van der Waals surface area (Å²) in [7, 11) is -3.59. The van der Waals surface area contributed by atoms with E-state index in [0.29, 0.717) is 6.54 Å². The molecule has 0 spiro atoms. The Morgan fingerprint density at radius 2 is 1.70 bits per heavy atom. The monoisotopic (exact) mass is 381 g/mol. The summed E-state index contributed by atoms with van der Waals surface area (Å²) in [5.74, 6) is 0.267. The van der Waals surface area contributed by atoms with Gasteiger partial charge in [0.15, 0.2) is 5.96 Å². The Kier molecular flexibility index (Phi) is 5.46. The third-order valence-electron chi connectivity index (χ3n) is 3.81. The fourth-order valence-corrected chi connectivity index (χ4v) is 3.53. The molecule has 138 valence electrons. The maximum atomic E-state index is 12.6. The summed E-state index contributed by atoms with van der Waals surface area (Å²) in [5, 5.41) is 2.96. The molecule has 27 heavy (non-hydrogen) atoms. The first kappa shape index (κ1) is 18.5. The van der Waals surface area contributed by atoms with Crippen molar-refractivity contribution in [3.05, 3.63) is 78.4 Å². The van der Waals surface area contributed by atoms with Gasteiger partial charge in [-0.05, 0) is 48.9 Å². The number of pyridine rings is 2. The maximum Gasteiger partial charge on any atom is 0.208 e. The predicted octanol–water partition coefficient (Wildman–Crippen LogP) is 2.54. The number of guanidine groups is 1. The number of anilines is 1. The van der Waals surface area contributed by atoms with Gasteiger partial charge < -0.3 is 11.1 Å². The van der Waals surface area contributed by atoms with E-state index in [9.17, 15) is 8.42 Å². The quantitative estimate of drug-likeness (QED) is 0.519. The zero-order valence-electron chi connectivity index (χ0n) is 14.7. The molecule has 2 aromatic heterocycles. The van der Waals surface area contributed by atoms with Crippen LogP contribution in [0.2, 0.25) is 0 Å². The van der Waals surface area contributed by atoms with E-state index in [1.807, 2.05) is 0 Å². The van der Waals surface area contributed by atoms with Crippen molar-refractivity contribution >= 4 is 21.5 Å². The van der Waals surface area contributed by atoms with E-state index in [1.54, 1.807) is 67.8 Å². The predicted molar refractivity (Wildman–Crippen MR) is 104 cm³/mol. The second-order valence-electron chi connectivity index (χ2n) is 5.85. The average Bonchev–Trinajstić information content (AvgIpc) is 2.68. The molecule has 0 aliphatic heterocycles. The summed E-state index contributed by atoms with van der Waals surface area (Å²) in [4.78, 5) is 12.6. The lowest BCUT2D eigenvalue weighted by atomic mass is 10.2. The van der Waals surface area contributed by atoms with Gasteiger partial charge in [0.25, 0.3) is 0 Å². The van der Waals surface area contributed by atoms with Gasteiger partial charge in [0.05, 0.1) is 16.3 Å². The van der Waals surface area contributed by atoms with Crippen LogP contribution in [0.4, 0.5) is 5.69 Å². The van der Waals surface area contributed by atoms with Gasteiger partial charge in [0.1, 0.15) is 0 Å². The highest BCUT2D eigenvalue weighted by Crippen LogP contribution is 2.20. The van der Waals surface area contributed by atoms with Crippen LogP contribution in [0.3, 0.4) is 0 Å². The molecule has 3 rings (SSSR count). The highest BCUT2D eigenvalue weighted by Gasteiger charge is 2.17. The molecule has 3 N–H and O–H groups in total. The fourth-order valence-electron chi connectivity index (χ4n) is 2.32. The largest absolute Gasteiger partial charge is 0.370 e. The normalized spacial score (nSPS) is 12.0. The molecule has 0 bridgehead atoms. The second-order valence-corrected chi connectivity index (χ2v) is 7.79. The molecule has 0 radical (unpaired) electrons. The minimum Gasteiger partial charge on any atom is -0.370 e. The number of hydrogen-bond donors (Lipinski definition) is 2. The van der Waals surface area contributed by atoms with E-state index in [4.69, 9.17) is 5.73 Å². The minimum absolute atomic E-state index is 0.171. The van der Waals surface area contributed by atoms with Crippen LogP contribution in [0, 0.1) is 6.92 Å². The first-order valence-corrected chi connectivity index (χ1v) is 9.67. The number of hydrogen-bond acceptors (Lipinski definition) is 5. The number of aliphatic imine (C=N–C) groups is 1. The lowest BCUT2D eigenvalue weighted by Crippen LogP contribution is -2.22. The van der Waals surface area contributed by atoms with Crippen LogP contribution >= 0.6 is 0 Å². The molecule has 0 aliphatic carbocycles. The lowest BCUT2D eigenvalue weighted by Gasteiger charge is -2.07. The van der Waals surface area contributed by atoms with Gasteiger partial charge in [-0.15, -0.1) is 0 Å². The number of nitrogens with one attached hydrogen (secondary N) is 1. The summed E-state index contributed by atoms with van der Waals surface area (Å²) in [6.07, 6.45) is 4.67. The van der Waals surface area contributed by atoms with Crippen LogP contribution in [0.5, 0.6) is 0 Å². The van der Waals surface area contributed by atoms with Gasteiger partial charge in [-0.3, -0.25) is 9.97 Å². The van der Waals surface area contributed by atoms with Crippen molar-refractivity contribution in [2.24, 2.45) is 10.7 Å². The molecule has 0 saturated heterocycles. The SMILES string of the molecule is Cc1ccc(S(=O)(=O)c2ccc(CN=C(N)Nc3ccncc3)cc2)cn1. The van der Waals surface area contributed by atoms with Crippen molar-refractivity contribution in [2.45, 2.75) is 23.3 Å². The summed E-state index contributed by atoms with van der Waals surface area (Å²) >= 11 is 0. The van der Waals surface area contributed by atoms with Crippen LogP contribution < -0.4 is 11.1 Å². The third-order valence-corrected chi connectivity index (χ3v) is 5.57. The summed E-state index contributed by atoms with van der Waals surface area (Å²) in [5.41, 5.74) is 8.25. The first-order valence-electron chi connectivity index (χ1n) is 8.19. The van der Waals surface area contributed by atoms with E-state index in [2.05, 4.69) is 20.3 Å². The van der Waals surface area contributed by atoms with E-state index >= 15 is 0 Å². The number of rotatable bonds is 5. The maximum absolute atomic E-state index is 12.6. The summed E-state index contributed by atoms with van der Waals surface area (Å²) < 4.78 is 25.2. The van der Waals surface area contributed by atoms with Crippen LogP contribution in [0.15, 0.2) is 81.9 Å². The molecule has 0 atom stereocenters. The van der Waals surface area contributed by atoms with E-state index in [-0.39, 0.29) is 15.8 Å². The van der Waals surface area contributed by atoms with Gasteiger partial charge in [0.2, 0.25) is 9.84 Å². The van der Waals surface area contributed by atoms with Gasteiger partial charge in [-0.1, -0.05) is 12.1 Å². The topological polar surface area (TPSA) is 110 Å². The Hall–Kier alpha value is -3.26. The van der Waals surface area contributed by atoms with Crippen LogP contribution in [0.1, 0.15) is 11.3 Å². The van der Waals surface area contributed by atoms with Crippen LogP contribution in [-0.2, 0) is 16.4 Å². The van der Waals surface area contributed by atoms with Crippen molar-refractivity contribution in [2.75, 3.05) is 5.32 Å². The first-order chi connectivity index (χ1) is 12.9. The standard InChI is InChI=1S/C19H19N5O2S/c1-14-2-5-18(13-22-14)27(25,26)17-6-3-15(4-7-17)12-23-19(20)24-16-8-10-21-11-9-16/h2-11,13H,12H2,1H3,(H3,20,21,23,24). The van der Waals surface area contributed by atoms with Crippen LogP contribution in [-0.4, -0.2) is 24.3 Å². The van der Waals surface area contributed by atoms with Gasteiger partial charge in [-0.25, -0.2) is 13.4 Å². The Balaban J connectivity index is 1.70. The van der Waals surface area contributed by atoms with Crippen molar-refractivity contribution in [1.82, 2.24) is 9.97 Å². The Bertz CT molecular complexity index is 1030. The van der Waals surface area contributed by atoms with Crippen molar-refractivity contribution in [1.29, 1.82) is 0 Å². The lowest BCUT2D eigenvalue weighted by molar-refractivity contribution is 0.595. The highest BCUT2D eigenvalue weighted by molar-refractivity contribution is 7.91. The average molecular weight is 381 g/mol. The van der Waals surface area contributed by atoms with Crippen molar-refractivity contribution < 1.29 is 8.42 Å². The molecule has 2 heterocycles. The molecular weight excluding hydrogens is 362 g/mol. The molecule has 0 aliphatic rings. The zero-order chi connectivity index (χ0) is 19.3. The molecule has 0 saturated carbocycles. The molecular formula is C19H19N5O2S. The third kappa shape index (κ3) is 4.68. The van der Waals surface area contributed by atoms with E-state index < -0.39 is 9.84 Å². The van der Waals surface area contributed by atoms with Gasteiger partial charge >= 0.3 is 0 Å². The molecule has 7 nitrogen and oxygen atoms in total. The van der Waals surface area contributed by atoms with E-state index in [0.717, 1.165) is 16.9 Å². The molecule has 1 aromatic carbocycles. The molecule has 8 heteroatoms. The Morgan fingerprint density at radius 1 is 1.04 bits per heavy atom. The molecule has 0 fully saturated rings. The smallest absolute Gasteiger partial charge is 0.208 e. The molecule has 0 unspecified atom stereocenters. The summed E-state index contributed by atoms with van der Waals surface area (Å²) in [6, 6.07) is 13.4. The zero-order valence-corrected chi connectivity index (χ0v) is 15.5. The number of nitrogens with zero attached hydrogens (tertiary/aromatic N) is 3. The van der Waals surface area contributed by atoms with Gasteiger partial charge in [-0.2, -0.15) is 0 Å². The number of aryl methyl sites for hydroxylation is 1. The second kappa shape index (κ2) is 7.96. The number of sulfone groups is 1. The van der Waals surface area contributed by atoms with Crippen molar-refractivity contribution in [3.8, 4) is 0 Å². The number of aromatic nitrogens is 2. The summed E-state index contributed by atoms with van der Waals surface area (Å²) in [6.45, 7) is 2.14. The number of nitrogens with two attached hydrogens (primary N) is 1. The fraction of sp³-hybridized carbons (Fsp3) is 0.105.